The van der Waals surface area contributed by atoms with Crippen LogP contribution in [0.4, 0.5) is 0 Å². The van der Waals surface area contributed by atoms with Gasteiger partial charge in [0.05, 0.1) is 6.54 Å². The molecule has 26 heavy (non-hydrogen) atoms. The van der Waals surface area contributed by atoms with Crippen molar-refractivity contribution >= 4 is 29.9 Å². The maximum atomic E-state index is 5.60. The number of unbranched alkanes of at least 4 members (excludes halogenated alkanes) is 1. The van der Waals surface area contributed by atoms with Crippen molar-refractivity contribution in [1.82, 2.24) is 20.4 Å². The lowest BCUT2D eigenvalue weighted by atomic mass is 10.2. The van der Waals surface area contributed by atoms with E-state index in [4.69, 9.17) is 9.73 Å². The van der Waals surface area contributed by atoms with Crippen LogP contribution in [0.1, 0.15) is 47.0 Å². The van der Waals surface area contributed by atoms with Gasteiger partial charge in [-0.1, -0.05) is 20.3 Å². The molecular formula is C19H42IN5O. The van der Waals surface area contributed by atoms with Gasteiger partial charge in [0.15, 0.2) is 5.96 Å². The van der Waals surface area contributed by atoms with E-state index in [1.807, 2.05) is 0 Å². The average molecular weight is 483 g/mol. The molecule has 1 saturated heterocycles. The number of hydrogen-bond acceptors (Lipinski definition) is 4. The predicted molar refractivity (Wildman–Crippen MR) is 123 cm³/mol. The largest absolute Gasteiger partial charge is 0.381 e. The number of ether oxygens (including phenoxy) is 1. The molecule has 0 bridgehead atoms. The average Bonchev–Trinajstić information content (AvgIpc) is 2.65. The van der Waals surface area contributed by atoms with Crippen molar-refractivity contribution in [1.29, 1.82) is 0 Å². The second-order valence-corrected chi connectivity index (χ2v) is 6.79. The quantitative estimate of drug-likeness (QED) is 0.193. The number of hydrogen-bond donors (Lipinski definition) is 2. The molecule has 1 fully saturated rings. The van der Waals surface area contributed by atoms with Gasteiger partial charge in [-0.25, -0.2) is 0 Å². The van der Waals surface area contributed by atoms with Crippen LogP contribution in [0.25, 0.3) is 0 Å². The van der Waals surface area contributed by atoms with Crippen molar-refractivity contribution in [2.45, 2.75) is 53.0 Å². The molecule has 0 aliphatic carbocycles. The monoisotopic (exact) mass is 483 g/mol. The summed E-state index contributed by atoms with van der Waals surface area (Å²) >= 11 is 0. The summed E-state index contributed by atoms with van der Waals surface area (Å²) in [6.45, 7) is 19.0. The van der Waals surface area contributed by atoms with E-state index in [2.05, 4.69) is 48.1 Å². The fraction of sp³-hybridized carbons (Fsp3) is 0.947. The Balaban J connectivity index is 0.00000625. The molecule has 1 aliphatic heterocycles. The first kappa shape index (κ1) is 25.9. The van der Waals surface area contributed by atoms with Crippen molar-refractivity contribution in [3.05, 3.63) is 0 Å². The summed E-state index contributed by atoms with van der Waals surface area (Å²) < 4.78 is 5.60. The van der Waals surface area contributed by atoms with Gasteiger partial charge >= 0.3 is 0 Å². The normalized spacial score (nSPS) is 17.6. The molecule has 0 radical (unpaired) electrons. The number of nitrogens with zero attached hydrogens (tertiary/aromatic N) is 3. The number of aliphatic imine (C=N–C) groups is 1. The van der Waals surface area contributed by atoms with E-state index in [1.54, 1.807) is 0 Å². The highest BCUT2D eigenvalue weighted by molar-refractivity contribution is 14.0. The molecule has 0 aromatic carbocycles. The highest BCUT2D eigenvalue weighted by Gasteiger charge is 2.19. The Morgan fingerprint density at radius 1 is 1.04 bits per heavy atom. The Kier molecular flexibility index (Phi) is 16.9. The molecule has 0 saturated carbocycles. The summed E-state index contributed by atoms with van der Waals surface area (Å²) in [5.41, 5.74) is 0. The fourth-order valence-corrected chi connectivity index (χ4v) is 2.93. The van der Waals surface area contributed by atoms with Crippen LogP contribution >= 0.6 is 24.0 Å². The summed E-state index contributed by atoms with van der Waals surface area (Å²) in [6.07, 6.45) is 3.37. The molecule has 1 aliphatic rings. The molecule has 0 amide bonds. The van der Waals surface area contributed by atoms with Crippen molar-refractivity contribution in [2.75, 3.05) is 65.6 Å². The molecule has 2 N–H and O–H groups in total. The fourth-order valence-electron chi connectivity index (χ4n) is 2.93. The molecule has 0 spiro atoms. The SMILES string of the molecule is CCCCOCCCNC(=NCC(C)N1CCN(CC)CC1)NCC.I. The first-order chi connectivity index (χ1) is 12.2. The van der Waals surface area contributed by atoms with Crippen LogP contribution in [-0.4, -0.2) is 87.4 Å². The lowest BCUT2D eigenvalue weighted by Gasteiger charge is -2.37. The van der Waals surface area contributed by atoms with Crippen molar-refractivity contribution in [2.24, 2.45) is 4.99 Å². The molecule has 1 atom stereocenters. The zero-order chi connectivity index (χ0) is 18.3. The van der Waals surface area contributed by atoms with Crippen LogP contribution in [0.2, 0.25) is 0 Å². The van der Waals surface area contributed by atoms with Crippen LogP contribution in [0.3, 0.4) is 0 Å². The zero-order valence-electron chi connectivity index (χ0n) is 17.4. The first-order valence-corrected chi connectivity index (χ1v) is 10.3. The summed E-state index contributed by atoms with van der Waals surface area (Å²) in [4.78, 5) is 9.84. The van der Waals surface area contributed by atoms with Gasteiger partial charge in [-0.2, -0.15) is 0 Å². The molecule has 1 unspecified atom stereocenters. The number of guanidine groups is 1. The number of piperazine rings is 1. The molecule has 1 rings (SSSR count). The summed E-state index contributed by atoms with van der Waals surface area (Å²) in [7, 11) is 0. The zero-order valence-corrected chi connectivity index (χ0v) is 19.8. The maximum absolute atomic E-state index is 5.60. The van der Waals surface area contributed by atoms with Crippen molar-refractivity contribution < 1.29 is 4.74 Å². The Labute approximate surface area is 178 Å². The molecule has 7 heteroatoms. The highest BCUT2D eigenvalue weighted by atomic mass is 127. The molecule has 0 aromatic rings. The van der Waals surface area contributed by atoms with Crippen LogP contribution in [-0.2, 0) is 4.74 Å². The van der Waals surface area contributed by atoms with E-state index >= 15 is 0 Å². The smallest absolute Gasteiger partial charge is 0.191 e. The number of halogens is 1. The standard InChI is InChI=1S/C19H41N5O.HI/c1-5-8-15-25-16-9-10-21-19(20-6-2)22-17-18(4)24-13-11-23(7-3)12-14-24;/h18H,5-17H2,1-4H3,(H2,20,21,22);1H. The topological polar surface area (TPSA) is 52.1 Å². The van der Waals surface area contributed by atoms with Crippen LogP contribution < -0.4 is 10.6 Å². The van der Waals surface area contributed by atoms with E-state index < -0.39 is 0 Å². The molecular weight excluding hydrogens is 441 g/mol. The minimum atomic E-state index is 0. The third-order valence-corrected chi connectivity index (χ3v) is 4.74. The Hall–Kier alpha value is -0.120. The maximum Gasteiger partial charge on any atom is 0.191 e. The minimum absolute atomic E-state index is 0. The molecule has 156 valence electrons. The molecule has 0 aromatic heterocycles. The van der Waals surface area contributed by atoms with Gasteiger partial charge in [-0.05, 0) is 33.2 Å². The van der Waals surface area contributed by atoms with Gasteiger partial charge in [-0.15, -0.1) is 24.0 Å². The van der Waals surface area contributed by atoms with Crippen LogP contribution in [0, 0.1) is 0 Å². The first-order valence-electron chi connectivity index (χ1n) is 10.3. The Morgan fingerprint density at radius 3 is 2.35 bits per heavy atom. The van der Waals surface area contributed by atoms with Gasteiger partial charge < -0.3 is 20.3 Å². The predicted octanol–water partition coefficient (Wildman–Crippen LogP) is 2.39. The number of nitrogens with one attached hydrogen (secondary N) is 2. The molecule has 6 nitrogen and oxygen atoms in total. The summed E-state index contributed by atoms with van der Waals surface area (Å²) in [5.74, 6) is 0.926. The summed E-state index contributed by atoms with van der Waals surface area (Å²) in [5, 5.41) is 6.76. The van der Waals surface area contributed by atoms with Gasteiger partial charge in [0.25, 0.3) is 0 Å². The van der Waals surface area contributed by atoms with E-state index in [1.165, 1.54) is 19.5 Å². The third-order valence-electron chi connectivity index (χ3n) is 4.74. The lowest BCUT2D eigenvalue weighted by Crippen LogP contribution is -2.50. The van der Waals surface area contributed by atoms with Crippen molar-refractivity contribution in [3.63, 3.8) is 0 Å². The summed E-state index contributed by atoms with van der Waals surface area (Å²) in [6, 6.07) is 0.492. The van der Waals surface area contributed by atoms with Gasteiger partial charge in [0, 0.05) is 58.5 Å². The van der Waals surface area contributed by atoms with Gasteiger partial charge in [-0.3, -0.25) is 9.89 Å². The second-order valence-electron chi connectivity index (χ2n) is 6.79. The number of rotatable bonds is 12. The van der Waals surface area contributed by atoms with E-state index in [0.29, 0.717) is 6.04 Å². The van der Waals surface area contributed by atoms with Crippen LogP contribution in [0.15, 0.2) is 4.99 Å². The molecule has 1 heterocycles. The van der Waals surface area contributed by atoms with E-state index in [9.17, 15) is 0 Å². The third kappa shape index (κ3) is 11.6. The van der Waals surface area contributed by atoms with Gasteiger partial charge in [0.2, 0.25) is 0 Å². The highest BCUT2D eigenvalue weighted by Crippen LogP contribution is 2.06. The number of likely N-dealkylation sites (N-methyl/N-ethyl adjacent to an activating group) is 1. The van der Waals surface area contributed by atoms with Gasteiger partial charge in [0.1, 0.15) is 0 Å². The Morgan fingerprint density at radius 2 is 1.73 bits per heavy atom. The van der Waals surface area contributed by atoms with E-state index in [-0.39, 0.29) is 24.0 Å². The minimum Gasteiger partial charge on any atom is -0.381 e. The lowest BCUT2D eigenvalue weighted by molar-refractivity contribution is 0.109. The van der Waals surface area contributed by atoms with Crippen molar-refractivity contribution in [3.8, 4) is 0 Å². The second kappa shape index (κ2) is 17.0. The Bertz CT molecular complexity index is 349. The van der Waals surface area contributed by atoms with Crippen LogP contribution in [0.5, 0.6) is 0 Å². The van der Waals surface area contributed by atoms with E-state index in [0.717, 1.165) is 71.3 Å².